The first-order chi connectivity index (χ1) is 12.0. The van der Waals surface area contributed by atoms with Gasteiger partial charge in [0.05, 0.1) is 17.1 Å². The van der Waals surface area contributed by atoms with Crippen molar-refractivity contribution in [1.82, 2.24) is 10.3 Å². The number of nitrogens with one attached hydrogen (secondary N) is 2. The van der Waals surface area contributed by atoms with Crippen LogP contribution in [0.15, 0.2) is 39.7 Å². The lowest BCUT2D eigenvalue weighted by Crippen LogP contribution is -2.36. The maximum atomic E-state index is 12.2. The van der Waals surface area contributed by atoms with Crippen LogP contribution in [0.3, 0.4) is 0 Å². The molecule has 0 aliphatic carbocycles. The fourth-order valence-electron chi connectivity index (χ4n) is 2.24. The minimum Gasteiger partial charge on any atom is -0.429 e. The van der Waals surface area contributed by atoms with Crippen LogP contribution in [-0.2, 0) is 6.54 Å². The van der Waals surface area contributed by atoms with Gasteiger partial charge in [0, 0.05) is 18.5 Å². The SMILES string of the molecule is CN=C(N)NC(=O)c1cc2c(Cl)ccc(Oc3ccc(CN)o3)c2[nH]1. The first kappa shape index (κ1) is 16.9. The third kappa shape index (κ3) is 3.44. The number of furan rings is 1. The van der Waals surface area contributed by atoms with E-state index in [0.29, 0.717) is 27.4 Å². The highest BCUT2D eigenvalue weighted by atomic mass is 35.5. The van der Waals surface area contributed by atoms with Crippen molar-refractivity contribution in [2.24, 2.45) is 16.5 Å². The number of guanidine groups is 1. The van der Waals surface area contributed by atoms with E-state index in [2.05, 4.69) is 15.3 Å². The molecule has 25 heavy (non-hydrogen) atoms. The highest BCUT2D eigenvalue weighted by Crippen LogP contribution is 2.34. The number of ether oxygens (including phenoxy) is 1. The van der Waals surface area contributed by atoms with Gasteiger partial charge in [0.25, 0.3) is 11.9 Å². The standard InChI is InChI=1S/C16H16ClN5O3/c1-20-16(19)22-15(23)11-6-9-10(17)3-4-12(14(9)21-11)25-13-5-2-8(7-18)24-13/h2-6,21H,7,18H2,1H3,(H3,19,20,22,23). The van der Waals surface area contributed by atoms with Crippen molar-refractivity contribution >= 4 is 34.4 Å². The third-order valence-electron chi connectivity index (χ3n) is 3.48. The Morgan fingerprint density at radius 3 is 2.88 bits per heavy atom. The number of aromatic nitrogens is 1. The Labute approximate surface area is 147 Å². The predicted molar refractivity (Wildman–Crippen MR) is 95.0 cm³/mol. The van der Waals surface area contributed by atoms with Gasteiger partial charge in [0.1, 0.15) is 11.5 Å². The van der Waals surface area contributed by atoms with E-state index < -0.39 is 5.91 Å². The summed E-state index contributed by atoms with van der Waals surface area (Å²) < 4.78 is 11.2. The zero-order chi connectivity index (χ0) is 18.0. The second kappa shape index (κ2) is 6.88. The Balaban J connectivity index is 1.97. The average molecular weight is 362 g/mol. The van der Waals surface area contributed by atoms with E-state index in [1.165, 1.54) is 7.05 Å². The number of aliphatic imine (C=N–C) groups is 1. The molecular formula is C16H16ClN5O3. The van der Waals surface area contributed by atoms with Crippen LogP contribution in [-0.4, -0.2) is 23.9 Å². The van der Waals surface area contributed by atoms with E-state index in [1.807, 2.05) is 0 Å². The number of carbonyl (C=O) groups excluding carboxylic acids is 1. The molecule has 1 amide bonds. The van der Waals surface area contributed by atoms with Crippen LogP contribution >= 0.6 is 11.6 Å². The number of H-pyrrole nitrogens is 1. The molecular weight excluding hydrogens is 346 g/mol. The van der Waals surface area contributed by atoms with E-state index >= 15 is 0 Å². The van der Waals surface area contributed by atoms with E-state index in [4.69, 9.17) is 32.2 Å². The highest BCUT2D eigenvalue weighted by molar-refractivity contribution is 6.35. The van der Waals surface area contributed by atoms with Crippen LogP contribution in [0.2, 0.25) is 5.02 Å². The molecule has 2 heterocycles. The number of halogens is 1. The predicted octanol–water partition coefficient (Wildman–Crippen LogP) is 2.34. The molecule has 9 heteroatoms. The summed E-state index contributed by atoms with van der Waals surface area (Å²) >= 11 is 6.21. The molecule has 0 saturated heterocycles. The van der Waals surface area contributed by atoms with Gasteiger partial charge in [-0.05, 0) is 24.3 Å². The molecule has 0 aliphatic heterocycles. The Morgan fingerprint density at radius 1 is 1.40 bits per heavy atom. The zero-order valence-corrected chi connectivity index (χ0v) is 14.1. The number of rotatable bonds is 4. The van der Waals surface area contributed by atoms with E-state index in [1.54, 1.807) is 30.3 Å². The molecule has 8 nitrogen and oxygen atoms in total. The number of hydrogen-bond donors (Lipinski definition) is 4. The van der Waals surface area contributed by atoms with Crippen LogP contribution < -0.4 is 21.5 Å². The van der Waals surface area contributed by atoms with E-state index in [-0.39, 0.29) is 24.1 Å². The maximum Gasteiger partial charge on any atom is 0.290 e. The molecule has 0 bridgehead atoms. The van der Waals surface area contributed by atoms with Crippen molar-refractivity contribution < 1.29 is 13.9 Å². The monoisotopic (exact) mass is 361 g/mol. The zero-order valence-electron chi connectivity index (χ0n) is 13.3. The summed E-state index contributed by atoms with van der Waals surface area (Å²) in [5.41, 5.74) is 11.8. The number of aromatic amines is 1. The molecule has 0 radical (unpaired) electrons. The van der Waals surface area contributed by atoms with Crippen molar-refractivity contribution in [1.29, 1.82) is 0 Å². The van der Waals surface area contributed by atoms with Gasteiger partial charge in [-0.15, -0.1) is 0 Å². The second-order valence-corrected chi connectivity index (χ2v) is 5.51. The van der Waals surface area contributed by atoms with Gasteiger partial charge in [-0.25, -0.2) is 0 Å². The fraction of sp³-hybridized carbons (Fsp3) is 0.125. The molecule has 0 saturated carbocycles. The molecule has 0 aliphatic rings. The number of benzene rings is 1. The first-order valence-corrected chi connectivity index (χ1v) is 7.71. The molecule has 2 aromatic heterocycles. The van der Waals surface area contributed by atoms with Gasteiger partial charge in [-0.3, -0.25) is 15.1 Å². The van der Waals surface area contributed by atoms with Gasteiger partial charge in [-0.1, -0.05) is 11.6 Å². The number of fused-ring (bicyclic) bond motifs is 1. The van der Waals surface area contributed by atoms with Crippen LogP contribution in [0.5, 0.6) is 11.7 Å². The van der Waals surface area contributed by atoms with Crippen molar-refractivity contribution in [3.63, 3.8) is 0 Å². The third-order valence-corrected chi connectivity index (χ3v) is 3.81. The maximum absolute atomic E-state index is 12.2. The molecule has 1 aromatic carbocycles. The lowest BCUT2D eigenvalue weighted by atomic mass is 10.2. The first-order valence-electron chi connectivity index (χ1n) is 7.33. The lowest BCUT2D eigenvalue weighted by Gasteiger charge is -2.04. The normalized spacial score (nSPS) is 11.7. The van der Waals surface area contributed by atoms with Gasteiger partial charge in [0.2, 0.25) is 0 Å². The van der Waals surface area contributed by atoms with Crippen molar-refractivity contribution in [2.45, 2.75) is 6.54 Å². The average Bonchev–Trinajstić information content (AvgIpc) is 3.24. The van der Waals surface area contributed by atoms with Crippen LogP contribution in [0.1, 0.15) is 16.2 Å². The fourth-order valence-corrected chi connectivity index (χ4v) is 2.45. The van der Waals surface area contributed by atoms with E-state index in [0.717, 1.165) is 0 Å². The Bertz CT molecular complexity index is 960. The highest BCUT2D eigenvalue weighted by Gasteiger charge is 2.16. The Kier molecular flexibility index (Phi) is 4.64. The largest absolute Gasteiger partial charge is 0.429 e. The summed E-state index contributed by atoms with van der Waals surface area (Å²) in [5, 5.41) is 3.54. The van der Waals surface area contributed by atoms with Gasteiger partial charge < -0.3 is 25.6 Å². The second-order valence-electron chi connectivity index (χ2n) is 5.11. The molecule has 0 fully saturated rings. The van der Waals surface area contributed by atoms with Crippen LogP contribution in [0.25, 0.3) is 10.9 Å². The van der Waals surface area contributed by atoms with Crippen LogP contribution in [0.4, 0.5) is 0 Å². The van der Waals surface area contributed by atoms with Crippen molar-refractivity contribution in [2.75, 3.05) is 7.05 Å². The molecule has 3 aromatic rings. The minimum atomic E-state index is -0.440. The van der Waals surface area contributed by atoms with Crippen LogP contribution in [0, 0.1) is 0 Å². The van der Waals surface area contributed by atoms with Crippen molar-refractivity contribution in [3.05, 3.63) is 46.8 Å². The minimum absolute atomic E-state index is 0.0103. The molecule has 6 N–H and O–H groups in total. The number of nitrogens with zero attached hydrogens (tertiary/aromatic N) is 1. The Hall–Kier alpha value is -2.97. The topological polar surface area (TPSA) is 132 Å². The van der Waals surface area contributed by atoms with Gasteiger partial charge in [-0.2, -0.15) is 0 Å². The molecule has 130 valence electrons. The smallest absolute Gasteiger partial charge is 0.290 e. The molecule has 0 unspecified atom stereocenters. The van der Waals surface area contributed by atoms with Crippen molar-refractivity contribution in [3.8, 4) is 11.7 Å². The number of nitrogens with two attached hydrogens (primary N) is 2. The summed E-state index contributed by atoms with van der Waals surface area (Å²) in [6, 6.07) is 8.34. The number of carbonyl (C=O) groups is 1. The molecule has 3 rings (SSSR count). The summed E-state index contributed by atoms with van der Waals surface area (Å²) in [6.07, 6.45) is 0. The van der Waals surface area contributed by atoms with E-state index in [9.17, 15) is 4.79 Å². The summed E-state index contributed by atoms with van der Waals surface area (Å²) in [6.45, 7) is 0.270. The number of hydrogen-bond acceptors (Lipinski definition) is 5. The lowest BCUT2D eigenvalue weighted by molar-refractivity contribution is 0.0972. The quantitative estimate of drug-likeness (QED) is 0.418. The Morgan fingerprint density at radius 2 is 2.20 bits per heavy atom. The van der Waals surface area contributed by atoms with Gasteiger partial charge >= 0.3 is 0 Å². The van der Waals surface area contributed by atoms with Gasteiger partial charge in [0.15, 0.2) is 11.7 Å². The summed E-state index contributed by atoms with van der Waals surface area (Å²) in [7, 11) is 1.47. The molecule has 0 spiro atoms. The summed E-state index contributed by atoms with van der Waals surface area (Å²) in [4.78, 5) is 18.8. The summed E-state index contributed by atoms with van der Waals surface area (Å²) in [5.74, 6) is 0.905. The molecule has 0 atom stereocenters. The number of amides is 1.